The van der Waals surface area contributed by atoms with Gasteiger partial charge in [0.15, 0.2) is 0 Å². The Labute approximate surface area is 116 Å². The van der Waals surface area contributed by atoms with Crippen LogP contribution in [0.25, 0.3) is 0 Å². The number of aromatic nitrogens is 2. The first-order valence-corrected chi connectivity index (χ1v) is 7.45. The fourth-order valence-corrected chi connectivity index (χ4v) is 3.13. The number of ketones is 1. The summed E-state index contributed by atoms with van der Waals surface area (Å²) in [5.74, 6) is 0.181. The molecule has 0 aliphatic carbocycles. The van der Waals surface area contributed by atoms with Crippen molar-refractivity contribution in [1.29, 1.82) is 0 Å². The quantitative estimate of drug-likeness (QED) is 0.850. The van der Waals surface area contributed by atoms with Gasteiger partial charge in [0.1, 0.15) is 5.69 Å². The molecule has 1 fully saturated rings. The van der Waals surface area contributed by atoms with Crippen LogP contribution in [0.5, 0.6) is 0 Å². The van der Waals surface area contributed by atoms with Crippen molar-refractivity contribution >= 4 is 21.7 Å². The Morgan fingerprint density at radius 2 is 2.39 bits per heavy atom. The lowest BCUT2D eigenvalue weighted by atomic mass is 9.87. The Hall–Kier alpha value is -0.680. The molecular formula is C13H20BrN3O. The van der Waals surface area contributed by atoms with E-state index in [0.29, 0.717) is 5.69 Å². The van der Waals surface area contributed by atoms with E-state index < -0.39 is 0 Å². The predicted molar refractivity (Wildman–Crippen MR) is 74.8 cm³/mol. The first-order valence-electron chi connectivity index (χ1n) is 6.65. The van der Waals surface area contributed by atoms with Gasteiger partial charge < -0.3 is 5.32 Å². The summed E-state index contributed by atoms with van der Waals surface area (Å²) < 4.78 is 2.63. The van der Waals surface area contributed by atoms with Crippen molar-refractivity contribution in [3.63, 3.8) is 0 Å². The van der Waals surface area contributed by atoms with Crippen LogP contribution in [0.4, 0.5) is 0 Å². The fraction of sp³-hybridized carbons (Fsp3) is 0.692. The third-order valence-corrected chi connectivity index (χ3v) is 4.31. The van der Waals surface area contributed by atoms with Crippen molar-refractivity contribution in [3.8, 4) is 0 Å². The molecule has 1 aromatic rings. The van der Waals surface area contributed by atoms with Gasteiger partial charge in [-0.3, -0.25) is 9.48 Å². The van der Waals surface area contributed by atoms with E-state index in [-0.39, 0.29) is 11.3 Å². The van der Waals surface area contributed by atoms with Crippen LogP contribution in [-0.2, 0) is 6.54 Å². The molecule has 5 heteroatoms. The lowest BCUT2D eigenvalue weighted by Gasteiger charge is -2.26. The summed E-state index contributed by atoms with van der Waals surface area (Å²) in [7, 11) is 0. The second kappa shape index (κ2) is 5.53. The molecule has 1 aliphatic heterocycles. The number of hydrogen-bond donors (Lipinski definition) is 1. The van der Waals surface area contributed by atoms with Gasteiger partial charge in [-0.1, -0.05) is 13.8 Å². The molecule has 0 radical (unpaired) electrons. The molecule has 0 saturated carbocycles. The van der Waals surface area contributed by atoms with Gasteiger partial charge in [-0.05, 0) is 48.2 Å². The standard InChI is InChI=1S/C13H20BrN3O/c1-3-8-17-11(10(14)9-16-17)12(18)13(4-2)6-5-7-15-13/h9,15H,3-8H2,1-2H3. The van der Waals surface area contributed by atoms with E-state index in [1.807, 2.05) is 4.68 Å². The summed E-state index contributed by atoms with van der Waals surface area (Å²) in [5.41, 5.74) is 0.335. The highest BCUT2D eigenvalue weighted by Crippen LogP contribution is 2.30. The second-order valence-corrected chi connectivity index (χ2v) is 5.71. The fourth-order valence-electron chi connectivity index (χ4n) is 2.66. The third-order valence-electron chi connectivity index (χ3n) is 3.73. The normalized spacial score (nSPS) is 23.5. The van der Waals surface area contributed by atoms with E-state index in [9.17, 15) is 4.79 Å². The highest BCUT2D eigenvalue weighted by atomic mass is 79.9. The molecule has 100 valence electrons. The van der Waals surface area contributed by atoms with E-state index in [1.54, 1.807) is 6.20 Å². The minimum Gasteiger partial charge on any atom is -0.305 e. The molecule has 2 heterocycles. The van der Waals surface area contributed by atoms with Gasteiger partial charge in [-0.25, -0.2) is 0 Å². The molecule has 18 heavy (non-hydrogen) atoms. The van der Waals surface area contributed by atoms with Gasteiger partial charge in [0.05, 0.1) is 16.2 Å². The van der Waals surface area contributed by atoms with Crippen molar-refractivity contribution < 1.29 is 4.79 Å². The Bertz CT molecular complexity index is 435. The Kier molecular flexibility index (Phi) is 4.22. The number of carbonyl (C=O) groups excluding carboxylic acids is 1. The minimum absolute atomic E-state index is 0.181. The minimum atomic E-state index is -0.381. The summed E-state index contributed by atoms with van der Waals surface area (Å²) in [4.78, 5) is 12.8. The topological polar surface area (TPSA) is 46.9 Å². The summed E-state index contributed by atoms with van der Waals surface area (Å²) in [6, 6.07) is 0. The number of rotatable bonds is 5. The van der Waals surface area contributed by atoms with Gasteiger partial charge in [0, 0.05) is 6.54 Å². The van der Waals surface area contributed by atoms with E-state index in [2.05, 4.69) is 40.2 Å². The molecule has 1 aliphatic rings. The van der Waals surface area contributed by atoms with E-state index in [0.717, 1.165) is 43.2 Å². The maximum atomic E-state index is 12.8. The average molecular weight is 314 g/mol. The van der Waals surface area contributed by atoms with Crippen LogP contribution in [0.2, 0.25) is 0 Å². The van der Waals surface area contributed by atoms with Crippen LogP contribution < -0.4 is 5.32 Å². The molecule has 1 saturated heterocycles. The van der Waals surface area contributed by atoms with Crippen LogP contribution in [0, 0.1) is 0 Å². The van der Waals surface area contributed by atoms with Crippen molar-refractivity contribution in [2.75, 3.05) is 6.54 Å². The van der Waals surface area contributed by atoms with Gasteiger partial charge in [-0.2, -0.15) is 5.10 Å². The Balaban J connectivity index is 2.35. The number of nitrogens with one attached hydrogen (secondary N) is 1. The molecule has 0 spiro atoms. The zero-order chi connectivity index (χ0) is 13.2. The van der Waals surface area contributed by atoms with Gasteiger partial charge in [0.2, 0.25) is 5.78 Å². The number of aryl methyl sites for hydroxylation is 1. The lowest BCUT2D eigenvalue weighted by Crippen LogP contribution is -2.47. The first-order chi connectivity index (χ1) is 8.64. The molecule has 0 amide bonds. The van der Waals surface area contributed by atoms with Crippen LogP contribution in [-0.4, -0.2) is 27.6 Å². The summed E-state index contributed by atoms with van der Waals surface area (Å²) >= 11 is 3.46. The van der Waals surface area contributed by atoms with Crippen molar-refractivity contribution in [2.24, 2.45) is 0 Å². The van der Waals surface area contributed by atoms with Crippen molar-refractivity contribution in [3.05, 3.63) is 16.4 Å². The van der Waals surface area contributed by atoms with Crippen LogP contribution in [0.3, 0.4) is 0 Å². The van der Waals surface area contributed by atoms with Gasteiger partial charge >= 0.3 is 0 Å². The summed E-state index contributed by atoms with van der Waals surface area (Å²) in [6.07, 6.45) is 5.52. The number of Topliss-reactive ketones (excluding diaryl/α,β-unsaturated/α-hetero) is 1. The van der Waals surface area contributed by atoms with Crippen LogP contribution in [0.15, 0.2) is 10.7 Å². The Morgan fingerprint density at radius 3 is 2.94 bits per heavy atom. The average Bonchev–Trinajstić information content (AvgIpc) is 2.97. The Morgan fingerprint density at radius 1 is 1.61 bits per heavy atom. The van der Waals surface area contributed by atoms with Gasteiger partial charge in [0.25, 0.3) is 0 Å². The van der Waals surface area contributed by atoms with Crippen LogP contribution in [0.1, 0.15) is 50.0 Å². The molecular weight excluding hydrogens is 294 g/mol. The molecule has 1 N–H and O–H groups in total. The maximum Gasteiger partial charge on any atom is 0.201 e. The monoisotopic (exact) mass is 313 g/mol. The summed E-state index contributed by atoms with van der Waals surface area (Å²) in [6.45, 7) is 5.88. The molecule has 1 atom stereocenters. The molecule has 1 unspecified atom stereocenters. The molecule has 2 rings (SSSR count). The molecule has 0 aromatic carbocycles. The maximum absolute atomic E-state index is 12.8. The third kappa shape index (κ3) is 2.26. The SMILES string of the molecule is CCCn1ncc(Br)c1C(=O)C1(CC)CCCN1. The zero-order valence-electron chi connectivity index (χ0n) is 11.0. The smallest absolute Gasteiger partial charge is 0.201 e. The highest BCUT2D eigenvalue weighted by molar-refractivity contribution is 9.10. The van der Waals surface area contributed by atoms with E-state index >= 15 is 0 Å². The van der Waals surface area contributed by atoms with Crippen molar-refractivity contribution in [2.45, 2.75) is 51.6 Å². The first kappa shape index (κ1) is 13.7. The number of halogens is 1. The second-order valence-electron chi connectivity index (χ2n) is 4.86. The predicted octanol–water partition coefficient (Wildman–Crippen LogP) is 2.77. The number of nitrogens with zero attached hydrogens (tertiary/aromatic N) is 2. The van der Waals surface area contributed by atoms with E-state index in [1.165, 1.54) is 0 Å². The molecule has 1 aromatic heterocycles. The number of carbonyl (C=O) groups is 1. The van der Waals surface area contributed by atoms with Crippen LogP contribution >= 0.6 is 15.9 Å². The summed E-state index contributed by atoms with van der Waals surface area (Å²) in [5, 5.41) is 7.68. The highest BCUT2D eigenvalue weighted by Gasteiger charge is 2.41. The molecule has 0 bridgehead atoms. The number of hydrogen-bond acceptors (Lipinski definition) is 3. The van der Waals surface area contributed by atoms with Crippen molar-refractivity contribution in [1.82, 2.24) is 15.1 Å². The molecule has 4 nitrogen and oxygen atoms in total. The van der Waals surface area contributed by atoms with Gasteiger partial charge in [-0.15, -0.1) is 0 Å². The lowest BCUT2D eigenvalue weighted by molar-refractivity contribution is 0.0851. The zero-order valence-corrected chi connectivity index (χ0v) is 12.6. The van der Waals surface area contributed by atoms with E-state index in [4.69, 9.17) is 0 Å². The largest absolute Gasteiger partial charge is 0.305 e.